The van der Waals surface area contributed by atoms with Crippen LogP contribution in [0, 0.1) is 5.82 Å². The number of anilines is 2. The fourth-order valence-electron chi connectivity index (χ4n) is 4.11. The number of carbonyl (C=O) groups is 1. The topological polar surface area (TPSA) is 56.8 Å². The lowest BCUT2D eigenvalue weighted by Gasteiger charge is -2.36. The summed E-state index contributed by atoms with van der Waals surface area (Å²) in [7, 11) is 0. The van der Waals surface area contributed by atoms with Gasteiger partial charge in [0.2, 0.25) is 0 Å². The van der Waals surface area contributed by atoms with Crippen molar-refractivity contribution >= 4 is 34.6 Å². The highest BCUT2D eigenvalue weighted by atomic mass is 32.1. The third kappa shape index (κ3) is 7.02. The summed E-state index contributed by atoms with van der Waals surface area (Å²) in [5, 5.41) is 6.01. The van der Waals surface area contributed by atoms with Gasteiger partial charge < -0.3 is 15.0 Å². The maximum absolute atomic E-state index is 13.9. The van der Waals surface area contributed by atoms with Crippen molar-refractivity contribution in [3.8, 4) is 5.75 Å². The molecule has 1 fully saturated rings. The standard InChI is InChI=1S/C28H31FN4O2S/c1-20(2)35-25-8-5-7-21(18-25)27(34)31-28(36)30-23-10-12-24(13-11-23)33-16-14-32(15-17-33)19-22-6-3-4-9-26(22)29/h3-13,18,20H,14-17,19H2,1-2H3,(H2,30,31,34,36). The van der Waals surface area contributed by atoms with Gasteiger partial charge in [-0.05, 0) is 74.6 Å². The molecule has 3 aromatic carbocycles. The average Bonchev–Trinajstić information content (AvgIpc) is 2.86. The van der Waals surface area contributed by atoms with Gasteiger partial charge in [0.05, 0.1) is 6.10 Å². The lowest BCUT2D eigenvalue weighted by molar-refractivity contribution is 0.0977. The minimum Gasteiger partial charge on any atom is -0.491 e. The molecule has 3 aromatic rings. The van der Waals surface area contributed by atoms with E-state index in [1.165, 1.54) is 6.07 Å². The molecule has 0 atom stereocenters. The van der Waals surface area contributed by atoms with E-state index in [0.29, 0.717) is 17.9 Å². The highest BCUT2D eigenvalue weighted by Gasteiger charge is 2.18. The number of rotatable bonds is 7. The molecule has 0 aliphatic carbocycles. The van der Waals surface area contributed by atoms with E-state index < -0.39 is 0 Å². The number of hydrogen-bond acceptors (Lipinski definition) is 5. The predicted octanol–water partition coefficient (Wildman–Crippen LogP) is 5.06. The predicted molar refractivity (Wildman–Crippen MR) is 146 cm³/mol. The summed E-state index contributed by atoms with van der Waals surface area (Å²) in [4.78, 5) is 17.2. The Hall–Kier alpha value is -3.49. The molecule has 1 heterocycles. The van der Waals surface area contributed by atoms with Gasteiger partial charge in [0, 0.05) is 55.2 Å². The Morgan fingerprint density at radius 2 is 1.72 bits per heavy atom. The van der Waals surface area contributed by atoms with Crippen LogP contribution in [0.25, 0.3) is 0 Å². The smallest absolute Gasteiger partial charge is 0.257 e. The van der Waals surface area contributed by atoms with E-state index in [1.807, 2.05) is 56.3 Å². The Bertz CT molecular complexity index is 1190. The van der Waals surface area contributed by atoms with E-state index in [2.05, 4.69) is 20.4 Å². The van der Waals surface area contributed by atoms with Crippen LogP contribution in [0.3, 0.4) is 0 Å². The highest BCUT2D eigenvalue weighted by molar-refractivity contribution is 7.80. The summed E-state index contributed by atoms with van der Waals surface area (Å²) in [5.41, 5.74) is 3.12. The van der Waals surface area contributed by atoms with E-state index >= 15 is 0 Å². The van der Waals surface area contributed by atoms with Gasteiger partial charge in [0.1, 0.15) is 11.6 Å². The van der Waals surface area contributed by atoms with Gasteiger partial charge in [-0.1, -0.05) is 24.3 Å². The van der Waals surface area contributed by atoms with Crippen molar-refractivity contribution in [2.45, 2.75) is 26.5 Å². The van der Waals surface area contributed by atoms with E-state index in [-0.39, 0.29) is 22.9 Å². The molecule has 0 saturated carbocycles. The highest BCUT2D eigenvalue weighted by Crippen LogP contribution is 2.21. The van der Waals surface area contributed by atoms with E-state index in [9.17, 15) is 9.18 Å². The van der Waals surface area contributed by atoms with Crippen molar-refractivity contribution in [1.29, 1.82) is 0 Å². The van der Waals surface area contributed by atoms with Crippen LogP contribution in [0.15, 0.2) is 72.8 Å². The minimum absolute atomic E-state index is 0.0248. The summed E-state index contributed by atoms with van der Waals surface area (Å²) in [5.74, 6) is 0.192. The molecule has 188 valence electrons. The molecule has 1 aliphatic heterocycles. The van der Waals surface area contributed by atoms with Gasteiger partial charge in [-0.2, -0.15) is 0 Å². The summed E-state index contributed by atoms with van der Waals surface area (Å²) < 4.78 is 19.6. The van der Waals surface area contributed by atoms with Gasteiger partial charge in [-0.25, -0.2) is 4.39 Å². The second kappa shape index (κ2) is 12.0. The zero-order valence-electron chi connectivity index (χ0n) is 20.5. The molecule has 0 unspecified atom stereocenters. The first-order valence-corrected chi connectivity index (χ1v) is 12.5. The number of hydrogen-bond donors (Lipinski definition) is 2. The fraction of sp³-hybridized carbons (Fsp3) is 0.286. The SMILES string of the molecule is CC(C)Oc1cccc(C(=O)NC(=S)Nc2ccc(N3CCN(Cc4ccccc4F)CC3)cc2)c1. The molecule has 8 heteroatoms. The molecule has 1 amide bonds. The van der Waals surface area contributed by atoms with Crippen molar-refractivity contribution in [2.75, 3.05) is 36.4 Å². The number of piperazine rings is 1. The van der Waals surface area contributed by atoms with Crippen LogP contribution >= 0.6 is 12.2 Å². The quantitative estimate of drug-likeness (QED) is 0.437. The molecular weight excluding hydrogens is 475 g/mol. The maximum atomic E-state index is 13.9. The molecule has 1 aliphatic rings. The third-order valence-electron chi connectivity index (χ3n) is 5.91. The van der Waals surface area contributed by atoms with Gasteiger partial charge >= 0.3 is 0 Å². The van der Waals surface area contributed by atoms with Crippen LogP contribution in [-0.4, -0.2) is 48.2 Å². The Morgan fingerprint density at radius 1 is 1.00 bits per heavy atom. The normalized spacial score (nSPS) is 13.9. The monoisotopic (exact) mass is 506 g/mol. The lowest BCUT2D eigenvalue weighted by Crippen LogP contribution is -2.46. The zero-order chi connectivity index (χ0) is 25.5. The average molecular weight is 507 g/mol. The van der Waals surface area contributed by atoms with Crippen molar-refractivity contribution in [3.05, 3.63) is 89.7 Å². The maximum Gasteiger partial charge on any atom is 0.257 e. The van der Waals surface area contributed by atoms with Gasteiger partial charge in [-0.15, -0.1) is 0 Å². The van der Waals surface area contributed by atoms with Gasteiger partial charge in [-0.3, -0.25) is 15.0 Å². The number of thiocarbonyl (C=S) groups is 1. The largest absolute Gasteiger partial charge is 0.491 e. The third-order valence-corrected chi connectivity index (χ3v) is 6.11. The minimum atomic E-state index is -0.299. The second-order valence-corrected chi connectivity index (χ2v) is 9.41. The Balaban J connectivity index is 1.26. The summed E-state index contributed by atoms with van der Waals surface area (Å²) in [6.45, 7) is 7.98. The van der Waals surface area contributed by atoms with Crippen LogP contribution in [0.4, 0.5) is 15.8 Å². The number of benzene rings is 3. The number of amides is 1. The van der Waals surface area contributed by atoms with Gasteiger partial charge in [0.15, 0.2) is 5.11 Å². The molecule has 1 saturated heterocycles. The number of ether oxygens (including phenoxy) is 1. The summed E-state index contributed by atoms with van der Waals surface area (Å²) in [6, 6.07) is 21.9. The number of nitrogens with one attached hydrogen (secondary N) is 2. The van der Waals surface area contributed by atoms with E-state index in [1.54, 1.807) is 24.3 Å². The van der Waals surface area contributed by atoms with E-state index in [4.69, 9.17) is 17.0 Å². The first-order valence-electron chi connectivity index (χ1n) is 12.1. The molecule has 0 radical (unpaired) electrons. The molecule has 6 nitrogen and oxygen atoms in total. The summed E-state index contributed by atoms with van der Waals surface area (Å²) in [6.07, 6.45) is 0.0248. The molecule has 0 aromatic heterocycles. The first-order chi connectivity index (χ1) is 17.4. The molecule has 4 rings (SSSR count). The van der Waals surface area contributed by atoms with Crippen LogP contribution in [0.2, 0.25) is 0 Å². The Labute approximate surface area is 217 Å². The Kier molecular flexibility index (Phi) is 8.51. The van der Waals surface area contributed by atoms with Crippen molar-refractivity contribution in [1.82, 2.24) is 10.2 Å². The molecule has 0 spiro atoms. The molecular formula is C28H31FN4O2S. The molecule has 2 N–H and O–H groups in total. The Morgan fingerprint density at radius 3 is 2.42 bits per heavy atom. The van der Waals surface area contributed by atoms with Gasteiger partial charge in [0.25, 0.3) is 5.91 Å². The van der Waals surface area contributed by atoms with Crippen LogP contribution in [0.5, 0.6) is 5.75 Å². The number of halogens is 1. The lowest BCUT2D eigenvalue weighted by atomic mass is 10.1. The molecule has 36 heavy (non-hydrogen) atoms. The van der Waals surface area contributed by atoms with Crippen LogP contribution in [-0.2, 0) is 6.54 Å². The van der Waals surface area contributed by atoms with Crippen molar-refractivity contribution < 1.29 is 13.9 Å². The number of carbonyl (C=O) groups excluding carboxylic acids is 1. The first kappa shape index (κ1) is 25.6. The fourth-order valence-corrected chi connectivity index (χ4v) is 4.32. The number of nitrogens with zero attached hydrogens (tertiary/aromatic N) is 2. The van der Waals surface area contributed by atoms with E-state index in [0.717, 1.165) is 43.1 Å². The van der Waals surface area contributed by atoms with Crippen molar-refractivity contribution in [3.63, 3.8) is 0 Å². The molecule has 0 bridgehead atoms. The van der Waals surface area contributed by atoms with Crippen LogP contribution < -0.4 is 20.3 Å². The summed E-state index contributed by atoms with van der Waals surface area (Å²) >= 11 is 5.33. The second-order valence-electron chi connectivity index (χ2n) is 9.00. The zero-order valence-corrected chi connectivity index (χ0v) is 21.4. The van der Waals surface area contributed by atoms with Crippen molar-refractivity contribution in [2.24, 2.45) is 0 Å². The van der Waals surface area contributed by atoms with Crippen LogP contribution in [0.1, 0.15) is 29.8 Å².